The lowest BCUT2D eigenvalue weighted by Crippen LogP contribution is -2.53. The van der Waals surface area contributed by atoms with Crippen LogP contribution in [0.3, 0.4) is 0 Å². The minimum Gasteiger partial charge on any atom is -0.348 e. The van der Waals surface area contributed by atoms with Crippen LogP contribution < -0.4 is 10.9 Å². The van der Waals surface area contributed by atoms with E-state index in [2.05, 4.69) is 15.2 Å². The summed E-state index contributed by atoms with van der Waals surface area (Å²) in [6.45, 7) is 3.24. The van der Waals surface area contributed by atoms with Crippen molar-refractivity contribution in [3.63, 3.8) is 0 Å². The Bertz CT molecular complexity index is 934. The molecule has 29 heavy (non-hydrogen) atoms. The van der Waals surface area contributed by atoms with Crippen LogP contribution in [0.4, 0.5) is 0 Å². The van der Waals surface area contributed by atoms with Crippen molar-refractivity contribution in [1.82, 2.24) is 19.8 Å². The molecular weight excluding hydrogens is 384 g/mol. The van der Waals surface area contributed by atoms with Crippen molar-refractivity contribution in [3.8, 4) is 5.13 Å². The lowest BCUT2D eigenvalue weighted by atomic mass is 9.87. The summed E-state index contributed by atoms with van der Waals surface area (Å²) in [5.74, 6) is 1.17. The van der Waals surface area contributed by atoms with E-state index in [-0.39, 0.29) is 17.5 Å². The average Bonchev–Trinajstić information content (AvgIpc) is 3.40. The van der Waals surface area contributed by atoms with Crippen LogP contribution in [-0.2, 0) is 0 Å². The van der Waals surface area contributed by atoms with E-state index in [1.165, 1.54) is 60.6 Å². The Morgan fingerprint density at radius 3 is 2.83 bits per heavy atom. The molecule has 3 fully saturated rings. The molecule has 0 spiro atoms. The van der Waals surface area contributed by atoms with E-state index in [0.29, 0.717) is 22.5 Å². The summed E-state index contributed by atoms with van der Waals surface area (Å²) in [4.78, 5) is 33.5. The maximum absolute atomic E-state index is 12.9. The van der Waals surface area contributed by atoms with E-state index >= 15 is 0 Å². The van der Waals surface area contributed by atoms with E-state index in [4.69, 9.17) is 0 Å². The Hall–Kier alpha value is -1.99. The third-order valence-electron chi connectivity index (χ3n) is 6.68. The van der Waals surface area contributed by atoms with Crippen LogP contribution in [0.15, 0.2) is 29.3 Å². The first kappa shape index (κ1) is 19.0. The number of nitrogens with zero attached hydrogens (tertiary/aromatic N) is 3. The predicted molar refractivity (Wildman–Crippen MR) is 114 cm³/mol. The second-order valence-electron chi connectivity index (χ2n) is 8.83. The number of carbonyl (C=O) groups is 1. The first-order chi connectivity index (χ1) is 14.2. The van der Waals surface area contributed by atoms with Gasteiger partial charge in [-0.2, -0.15) is 0 Å². The molecule has 0 radical (unpaired) electrons. The van der Waals surface area contributed by atoms with Gasteiger partial charge in [-0.1, -0.05) is 12.8 Å². The van der Waals surface area contributed by atoms with Crippen LogP contribution in [0.25, 0.3) is 5.13 Å². The van der Waals surface area contributed by atoms with E-state index in [0.717, 1.165) is 19.5 Å². The molecule has 1 N–H and O–H groups in total. The van der Waals surface area contributed by atoms with Crippen LogP contribution >= 0.6 is 11.3 Å². The SMILES string of the molecule is O=C(NC1CC2CCCN(C2)C1)c1ccc(=O)n(-c2ncc(C3CCCC3)s2)c1. The van der Waals surface area contributed by atoms with Gasteiger partial charge in [0.15, 0.2) is 5.13 Å². The number of aromatic nitrogens is 2. The minimum absolute atomic E-state index is 0.0995. The summed E-state index contributed by atoms with van der Waals surface area (Å²) < 4.78 is 1.52. The van der Waals surface area contributed by atoms with Gasteiger partial charge in [-0.15, -0.1) is 11.3 Å². The summed E-state index contributed by atoms with van der Waals surface area (Å²) >= 11 is 1.58. The van der Waals surface area contributed by atoms with Crippen LogP contribution in [0.5, 0.6) is 0 Å². The molecule has 2 bridgehead atoms. The highest BCUT2D eigenvalue weighted by molar-refractivity contribution is 7.14. The van der Waals surface area contributed by atoms with Crippen LogP contribution in [0.1, 0.15) is 66.1 Å². The molecule has 1 amide bonds. The number of pyridine rings is 1. The first-order valence-corrected chi connectivity index (χ1v) is 11.7. The molecule has 2 aliphatic heterocycles. The molecule has 6 nitrogen and oxygen atoms in total. The van der Waals surface area contributed by atoms with Gasteiger partial charge in [-0.25, -0.2) is 4.98 Å². The molecule has 2 aromatic rings. The van der Waals surface area contributed by atoms with E-state index in [1.807, 2.05) is 6.20 Å². The number of hydrogen-bond acceptors (Lipinski definition) is 5. The Kier molecular flexibility index (Phi) is 5.26. The number of amides is 1. The van der Waals surface area contributed by atoms with Gasteiger partial charge >= 0.3 is 0 Å². The summed E-state index contributed by atoms with van der Waals surface area (Å²) in [5.41, 5.74) is 0.375. The molecule has 2 aromatic heterocycles. The first-order valence-electron chi connectivity index (χ1n) is 10.9. The van der Waals surface area contributed by atoms with E-state index in [9.17, 15) is 9.59 Å². The minimum atomic E-state index is -0.146. The standard InChI is InChI=1S/C22H28N4O2S/c27-20-8-7-17(21(28)24-18-10-15-4-3-9-25(12-15)14-18)13-26(20)22-23-11-19(29-22)16-5-1-2-6-16/h7-8,11,13,15-16,18H,1-6,9-10,12,14H2,(H,24,28). The lowest BCUT2D eigenvalue weighted by Gasteiger charge is -2.41. The average molecular weight is 413 g/mol. The molecular formula is C22H28N4O2S. The molecule has 5 rings (SSSR count). The van der Waals surface area contributed by atoms with E-state index in [1.54, 1.807) is 23.6 Å². The largest absolute Gasteiger partial charge is 0.348 e. The molecule has 4 heterocycles. The normalized spacial score (nSPS) is 27.1. The lowest BCUT2D eigenvalue weighted by molar-refractivity contribution is 0.0776. The van der Waals surface area contributed by atoms with Crippen LogP contribution in [0, 0.1) is 5.92 Å². The third kappa shape index (κ3) is 4.03. The van der Waals surface area contributed by atoms with Crippen molar-refractivity contribution >= 4 is 17.2 Å². The summed E-state index contributed by atoms with van der Waals surface area (Å²) in [6, 6.07) is 3.30. The maximum Gasteiger partial charge on any atom is 0.256 e. The second-order valence-corrected chi connectivity index (χ2v) is 9.87. The number of piperidine rings is 2. The fourth-order valence-electron chi connectivity index (χ4n) is 5.23. The number of hydrogen-bond donors (Lipinski definition) is 1. The quantitative estimate of drug-likeness (QED) is 0.838. The zero-order chi connectivity index (χ0) is 19.8. The van der Waals surface area contributed by atoms with Gasteiger partial charge in [0, 0.05) is 42.5 Å². The molecule has 2 saturated heterocycles. The topological polar surface area (TPSA) is 67.2 Å². The number of nitrogens with one attached hydrogen (secondary N) is 1. The summed E-state index contributed by atoms with van der Waals surface area (Å²) in [5, 5.41) is 3.86. The fraction of sp³-hybridized carbons (Fsp3) is 0.591. The predicted octanol–water partition coefficient (Wildman–Crippen LogP) is 3.17. The molecule has 1 aliphatic carbocycles. The Morgan fingerprint density at radius 2 is 2.00 bits per heavy atom. The zero-order valence-electron chi connectivity index (χ0n) is 16.7. The van der Waals surface area contributed by atoms with Crippen molar-refractivity contribution in [2.75, 3.05) is 19.6 Å². The van der Waals surface area contributed by atoms with Crippen LogP contribution in [0.2, 0.25) is 0 Å². The monoisotopic (exact) mass is 412 g/mol. The smallest absolute Gasteiger partial charge is 0.256 e. The molecule has 3 atom stereocenters. The Morgan fingerprint density at radius 1 is 1.14 bits per heavy atom. The van der Waals surface area contributed by atoms with Gasteiger partial charge < -0.3 is 10.2 Å². The number of carbonyl (C=O) groups excluding carboxylic acids is 1. The number of thiazole rings is 1. The molecule has 3 unspecified atom stereocenters. The van der Waals surface area contributed by atoms with Gasteiger partial charge in [-0.05, 0) is 56.6 Å². The zero-order valence-corrected chi connectivity index (χ0v) is 17.5. The van der Waals surface area contributed by atoms with Gasteiger partial charge in [0.1, 0.15) is 0 Å². The van der Waals surface area contributed by atoms with Gasteiger partial charge in [0.2, 0.25) is 0 Å². The highest BCUT2D eigenvalue weighted by Gasteiger charge is 2.31. The molecule has 0 aromatic carbocycles. The summed E-state index contributed by atoms with van der Waals surface area (Å²) in [7, 11) is 0. The molecule has 1 saturated carbocycles. The van der Waals surface area contributed by atoms with Crippen molar-refractivity contribution in [2.24, 2.45) is 5.92 Å². The molecule has 7 heteroatoms. The van der Waals surface area contributed by atoms with Crippen molar-refractivity contribution in [3.05, 3.63) is 45.3 Å². The third-order valence-corrected chi connectivity index (χ3v) is 7.84. The van der Waals surface area contributed by atoms with Crippen molar-refractivity contribution < 1.29 is 4.79 Å². The highest BCUT2D eigenvalue weighted by Crippen LogP contribution is 2.37. The second kappa shape index (κ2) is 8.03. The van der Waals surface area contributed by atoms with E-state index < -0.39 is 0 Å². The number of rotatable bonds is 4. The van der Waals surface area contributed by atoms with Crippen molar-refractivity contribution in [1.29, 1.82) is 0 Å². The maximum atomic E-state index is 12.9. The Labute approximate surface area is 175 Å². The fourth-order valence-corrected chi connectivity index (χ4v) is 6.29. The van der Waals surface area contributed by atoms with Gasteiger partial charge in [0.25, 0.3) is 11.5 Å². The molecule has 154 valence electrons. The van der Waals surface area contributed by atoms with Crippen molar-refractivity contribution in [2.45, 2.75) is 56.9 Å². The number of fused-ring (bicyclic) bond motifs is 2. The van der Waals surface area contributed by atoms with Gasteiger partial charge in [-0.3, -0.25) is 14.2 Å². The summed E-state index contributed by atoms with van der Waals surface area (Å²) in [6.07, 6.45) is 12.1. The van der Waals surface area contributed by atoms with Gasteiger partial charge in [0.05, 0.1) is 5.56 Å². The highest BCUT2D eigenvalue weighted by atomic mass is 32.1. The molecule has 3 aliphatic rings. The Balaban J connectivity index is 1.32. The van der Waals surface area contributed by atoms with Crippen LogP contribution in [-0.4, -0.2) is 46.0 Å².